The molecular weight excluding hydrogens is 306 g/mol. The van der Waals surface area contributed by atoms with E-state index < -0.39 is 6.10 Å². The number of nitrogens with zero attached hydrogens (tertiary/aromatic N) is 1. The Kier molecular flexibility index (Phi) is 10.3. The molecular formula is C19H31NO4. The minimum Gasteiger partial charge on any atom is -0.491 e. The molecule has 24 heavy (non-hydrogen) atoms. The summed E-state index contributed by atoms with van der Waals surface area (Å²) < 4.78 is 5.63. The normalized spacial score (nSPS) is 12.4. The van der Waals surface area contributed by atoms with Crippen LogP contribution >= 0.6 is 0 Å². The van der Waals surface area contributed by atoms with Gasteiger partial charge in [0.1, 0.15) is 24.2 Å². The van der Waals surface area contributed by atoms with Gasteiger partial charge in [-0.1, -0.05) is 25.5 Å². The molecule has 0 fully saturated rings. The third kappa shape index (κ3) is 9.01. The first-order valence-electron chi connectivity index (χ1n) is 8.77. The van der Waals surface area contributed by atoms with E-state index in [1.165, 1.54) is 0 Å². The van der Waals surface area contributed by atoms with E-state index >= 15 is 0 Å². The first-order chi connectivity index (χ1) is 11.5. The second-order valence-corrected chi connectivity index (χ2v) is 6.19. The van der Waals surface area contributed by atoms with Gasteiger partial charge < -0.3 is 19.7 Å². The number of aliphatic hydroxyl groups excluding tert-OH is 2. The first kappa shape index (κ1) is 20.6. The third-order valence-corrected chi connectivity index (χ3v) is 3.84. The van der Waals surface area contributed by atoms with Crippen molar-refractivity contribution in [1.29, 1.82) is 0 Å². The van der Waals surface area contributed by atoms with E-state index in [-0.39, 0.29) is 19.0 Å². The molecule has 0 bridgehead atoms. The van der Waals surface area contributed by atoms with Crippen molar-refractivity contribution < 1.29 is 19.7 Å². The molecule has 0 saturated heterocycles. The number of ether oxygens (including phenoxy) is 1. The van der Waals surface area contributed by atoms with Gasteiger partial charge in [-0.2, -0.15) is 0 Å². The number of hydrogen-bond donors (Lipinski definition) is 2. The molecule has 0 aliphatic heterocycles. The number of benzene rings is 1. The highest BCUT2D eigenvalue weighted by molar-refractivity contribution is 5.75. The standard InChI is InChI=1S/C19H31NO4/c1-3-4-11-20(12-13-21)14-18(23)15-24-19-9-7-17(8-10-19)6-5-16(2)22/h7-10,18,21,23H,3-6,11-15H2,1-2H3/t18-/m0/s1. The summed E-state index contributed by atoms with van der Waals surface area (Å²) in [5.74, 6) is 0.900. The molecule has 0 unspecified atom stereocenters. The highest BCUT2D eigenvalue weighted by Gasteiger charge is 2.12. The van der Waals surface area contributed by atoms with E-state index in [0.717, 1.165) is 31.4 Å². The van der Waals surface area contributed by atoms with Gasteiger partial charge in [-0.05, 0) is 44.0 Å². The quantitative estimate of drug-likeness (QED) is 0.576. The summed E-state index contributed by atoms with van der Waals surface area (Å²) in [5, 5.41) is 19.2. The molecule has 5 nitrogen and oxygen atoms in total. The van der Waals surface area contributed by atoms with Crippen molar-refractivity contribution in [2.24, 2.45) is 0 Å². The molecule has 0 aromatic heterocycles. The first-order valence-corrected chi connectivity index (χ1v) is 8.77. The van der Waals surface area contributed by atoms with Crippen LogP contribution in [-0.2, 0) is 11.2 Å². The SMILES string of the molecule is CCCCN(CCO)C[C@H](O)COc1ccc(CCC(C)=O)cc1. The lowest BCUT2D eigenvalue weighted by Crippen LogP contribution is -2.37. The van der Waals surface area contributed by atoms with E-state index in [2.05, 4.69) is 11.8 Å². The number of carbonyl (C=O) groups is 1. The maximum atomic E-state index is 11.0. The Hall–Kier alpha value is -1.43. The van der Waals surface area contributed by atoms with Crippen LogP contribution in [0.5, 0.6) is 5.75 Å². The summed E-state index contributed by atoms with van der Waals surface area (Å²) in [5.41, 5.74) is 1.10. The summed E-state index contributed by atoms with van der Waals surface area (Å²) in [6.45, 7) is 5.98. The fourth-order valence-corrected chi connectivity index (χ4v) is 2.43. The van der Waals surface area contributed by atoms with Gasteiger partial charge in [0.05, 0.1) is 6.61 Å². The highest BCUT2D eigenvalue weighted by Crippen LogP contribution is 2.14. The number of aliphatic hydroxyl groups is 2. The molecule has 136 valence electrons. The molecule has 0 radical (unpaired) electrons. The predicted molar refractivity (Wildman–Crippen MR) is 95.4 cm³/mol. The molecule has 0 amide bonds. The lowest BCUT2D eigenvalue weighted by atomic mass is 10.1. The van der Waals surface area contributed by atoms with E-state index in [9.17, 15) is 9.90 Å². The minimum atomic E-state index is -0.592. The smallest absolute Gasteiger partial charge is 0.130 e. The van der Waals surface area contributed by atoms with Crippen LogP contribution in [-0.4, -0.2) is 59.8 Å². The fraction of sp³-hybridized carbons (Fsp3) is 0.632. The molecule has 5 heteroatoms. The second-order valence-electron chi connectivity index (χ2n) is 6.19. The molecule has 0 heterocycles. The van der Waals surface area contributed by atoms with E-state index in [1.807, 2.05) is 24.3 Å². The summed E-state index contributed by atoms with van der Waals surface area (Å²) in [4.78, 5) is 13.0. The number of unbranched alkanes of at least 4 members (excludes halogenated alkanes) is 1. The fourth-order valence-electron chi connectivity index (χ4n) is 2.43. The van der Waals surface area contributed by atoms with Crippen molar-refractivity contribution in [2.75, 3.05) is 32.8 Å². The topological polar surface area (TPSA) is 70.0 Å². The molecule has 0 spiro atoms. The van der Waals surface area contributed by atoms with Crippen molar-refractivity contribution in [3.05, 3.63) is 29.8 Å². The Morgan fingerprint density at radius 1 is 1.25 bits per heavy atom. The average molecular weight is 337 g/mol. The minimum absolute atomic E-state index is 0.0962. The van der Waals surface area contributed by atoms with Gasteiger partial charge in [0.15, 0.2) is 0 Å². The van der Waals surface area contributed by atoms with Crippen LogP contribution in [0.4, 0.5) is 0 Å². The van der Waals surface area contributed by atoms with Crippen molar-refractivity contribution in [3.8, 4) is 5.75 Å². The van der Waals surface area contributed by atoms with Crippen LogP contribution in [0.15, 0.2) is 24.3 Å². The molecule has 0 aliphatic carbocycles. The van der Waals surface area contributed by atoms with Crippen molar-refractivity contribution in [1.82, 2.24) is 4.90 Å². The van der Waals surface area contributed by atoms with Gasteiger partial charge in [-0.3, -0.25) is 4.90 Å². The molecule has 1 aromatic carbocycles. The average Bonchev–Trinajstić information content (AvgIpc) is 2.57. The van der Waals surface area contributed by atoms with Crippen LogP contribution in [0.3, 0.4) is 0 Å². The third-order valence-electron chi connectivity index (χ3n) is 3.84. The maximum absolute atomic E-state index is 11.0. The number of carbonyl (C=O) groups excluding carboxylic acids is 1. The van der Waals surface area contributed by atoms with Gasteiger partial charge in [0.2, 0.25) is 0 Å². The molecule has 1 rings (SSSR count). The number of ketones is 1. The molecule has 1 atom stereocenters. The number of Topliss-reactive ketones (excluding diaryl/α,β-unsaturated/α-hetero) is 1. The van der Waals surface area contributed by atoms with Crippen molar-refractivity contribution in [3.63, 3.8) is 0 Å². The van der Waals surface area contributed by atoms with Crippen LogP contribution in [0, 0.1) is 0 Å². The van der Waals surface area contributed by atoms with Gasteiger partial charge >= 0.3 is 0 Å². The van der Waals surface area contributed by atoms with Crippen LogP contribution < -0.4 is 4.74 Å². The Morgan fingerprint density at radius 3 is 2.54 bits per heavy atom. The number of hydrogen-bond acceptors (Lipinski definition) is 5. The number of aryl methyl sites for hydroxylation is 1. The van der Waals surface area contributed by atoms with Crippen LogP contribution in [0.1, 0.15) is 38.7 Å². The summed E-state index contributed by atoms with van der Waals surface area (Å²) in [6.07, 6.45) is 2.84. The zero-order chi connectivity index (χ0) is 17.8. The maximum Gasteiger partial charge on any atom is 0.130 e. The largest absolute Gasteiger partial charge is 0.491 e. The van der Waals surface area contributed by atoms with Crippen molar-refractivity contribution >= 4 is 5.78 Å². The van der Waals surface area contributed by atoms with E-state index in [1.54, 1.807) is 6.92 Å². The monoisotopic (exact) mass is 337 g/mol. The van der Waals surface area contributed by atoms with Gasteiger partial charge in [-0.15, -0.1) is 0 Å². The Balaban J connectivity index is 2.36. The molecule has 0 aliphatic rings. The van der Waals surface area contributed by atoms with E-state index in [4.69, 9.17) is 9.84 Å². The second kappa shape index (κ2) is 12.0. The Morgan fingerprint density at radius 2 is 1.96 bits per heavy atom. The van der Waals surface area contributed by atoms with Crippen LogP contribution in [0.2, 0.25) is 0 Å². The zero-order valence-corrected chi connectivity index (χ0v) is 14.9. The summed E-state index contributed by atoms with van der Waals surface area (Å²) in [7, 11) is 0. The lowest BCUT2D eigenvalue weighted by molar-refractivity contribution is -0.116. The Bertz CT molecular complexity index is 461. The lowest BCUT2D eigenvalue weighted by Gasteiger charge is -2.24. The van der Waals surface area contributed by atoms with Crippen LogP contribution in [0.25, 0.3) is 0 Å². The van der Waals surface area contributed by atoms with Gasteiger partial charge in [0, 0.05) is 19.5 Å². The molecule has 1 aromatic rings. The van der Waals surface area contributed by atoms with Gasteiger partial charge in [-0.25, -0.2) is 0 Å². The van der Waals surface area contributed by atoms with Crippen molar-refractivity contribution in [2.45, 2.75) is 45.6 Å². The van der Waals surface area contributed by atoms with Gasteiger partial charge in [0.25, 0.3) is 0 Å². The predicted octanol–water partition coefficient (Wildman–Crippen LogP) is 2.04. The molecule has 0 saturated carbocycles. The zero-order valence-electron chi connectivity index (χ0n) is 14.9. The highest BCUT2D eigenvalue weighted by atomic mass is 16.5. The molecule has 2 N–H and O–H groups in total. The Labute approximate surface area is 145 Å². The number of rotatable bonds is 13. The summed E-state index contributed by atoms with van der Waals surface area (Å²) in [6, 6.07) is 7.63. The summed E-state index contributed by atoms with van der Waals surface area (Å²) >= 11 is 0. The van der Waals surface area contributed by atoms with E-state index in [0.29, 0.717) is 25.3 Å².